The van der Waals surface area contributed by atoms with E-state index in [-0.39, 0.29) is 5.69 Å². The summed E-state index contributed by atoms with van der Waals surface area (Å²) in [6, 6.07) is 12.4. The monoisotopic (exact) mass is 411 g/mol. The summed E-state index contributed by atoms with van der Waals surface area (Å²) in [5.74, 6) is 0.524. The zero-order valence-corrected chi connectivity index (χ0v) is 14.7. The van der Waals surface area contributed by atoms with E-state index in [1.54, 1.807) is 16.6 Å². The standard InChI is InChI=1S/C16H10BrN7O2/c17-13-6-5-10(7-14(13)24(25)26)8-18-20-15-11-3-1-2-4-12(11)16-21-19-9-23(16)22-15/h1-9H,(H,20,22). The summed E-state index contributed by atoms with van der Waals surface area (Å²) in [6.45, 7) is 0. The number of rotatable bonds is 4. The highest BCUT2D eigenvalue weighted by molar-refractivity contribution is 9.10. The molecule has 0 fully saturated rings. The second-order valence-electron chi connectivity index (χ2n) is 5.33. The largest absolute Gasteiger partial charge is 0.284 e. The Hall–Kier alpha value is -3.40. The van der Waals surface area contributed by atoms with E-state index < -0.39 is 4.92 Å². The number of hydrogen-bond acceptors (Lipinski definition) is 7. The Bertz CT molecular complexity index is 1170. The van der Waals surface area contributed by atoms with Crippen LogP contribution in [0.25, 0.3) is 16.4 Å². The van der Waals surface area contributed by atoms with E-state index in [9.17, 15) is 10.1 Å². The fourth-order valence-electron chi connectivity index (χ4n) is 2.53. The number of halogens is 1. The van der Waals surface area contributed by atoms with Gasteiger partial charge in [-0.05, 0) is 22.0 Å². The highest BCUT2D eigenvalue weighted by atomic mass is 79.9. The molecule has 4 rings (SSSR count). The third-order valence-electron chi connectivity index (χ3n) is 3.71. The molecule has 10 heteroatoms. The average molecular weight is 412 g/mol. The molecule has 0 spiro atoms. The van der Waals surface area contributed by atoms with Gasteiger partial charge in [0.1, 0.15) is 6.33 Å². The lowest BCUT2D eigenvalue weighted by atomic mass is 10.2. The third kappa shape index (κ3) is 2.86. The van der Waals surface area contributed by atoms with E-state index in [2.05, 4.69) is 41.8 Å². The van der Waals surface area contributed by atoms with Crippen LogP contribution >= 0.6 is 15.9 Å². The minimum atomic E-state index is -0.454. The zero-order valence-electron chi connectivity index (χ0n) is 13.1. The molecule has 9 nitrogen and oxygen atoms in total. The smallest absolute Gasteiger partial charge is 0.259 e. The van der Waals surface area contributed by atoms with Crippen LogP contribution in [0, 0.1) is 10.1 Å². The predicted octanol–water partition coefficient (Wildman–Crippen LogP) is 3.39. The first-order valence-corrected chi connectivity index (χ1v) is 8.24. The van der Waals surface area contributed by atoms with Gasteiger partial charge in [-0.2, -0.15) is 9.62 Å². The van der Waals surface area contributed by atoms with Gasteiger partial charge in [-0.25, -0.2) is 0 Å². The molecule has 0 atom stereocenters. The van der Waals surface area contributed by atoms with Crippen LogP contribution in [0.2, 0.25) is 0 Å². The van der Waals surface area contributed by atoms with Crippen LogP contribution in [0.5, 0.6) is 0 Å². The van der Waals surface area contributed by atoms with Gasteiger partial charge >= 0.3 is 0 Å². The fourth-order valence-corrected chi connectivity index (χ4v) is 2.92. The van der Waals surface area contributed by atoms with Gasteiger partial charge in [0.25, 0.3) is 5.69 Å². The first-order chi connectivity index (χ1) is 12.6. The lowest BCUT2D eigenvalue weighted by Gasteiger charge is -2.05. The predicted molar refractivity (Wildman–Crippen MR) is 100 cm³/mol. The summed E-state index contributed by atoms with van der Waals surface area (Å²) in [5.41, 5.74) is 4.09. The number of anilines is 1. The SMILES string of the molecule is O=[N+]([O-])c1cc(C=NNc2nn3cnnc3c3ccccc23)ccc1Br. The Morgan fingerprint density at radius 2 is 2.04 bits per heavy atom. The molecular formula is C16H10BrN7O2. The van der Waals surface area contributed by atoms with Crippen LogP contribution < -0.4 is 5.43 Å². The highest BCUT2D eigenvalue weighted by Gasteiger charge is 2.12. The number of aromatic nitrogens is 4. The molecule has 2 heterocycles. The van der Waals surface area contributed by atoms with Crippen molar-refractivity contribution in [3.05, 3.63) is 68.9 Å². The Balaban J connectivity index is 1.68. The van der Waals surface area contributed by atoms with E-state index in [0.29, 0.717) is 21.5 Å². The van der Waals surface area contributed by atoms with Crippen molar-refractivity contribution in [3.8, 4) is 0 Å². The van der Waals surface area contributed by atoms with Crippen molar-refractivity contribution >= 4 is 50.1 Å². The zero-order chi connectivity index (χ0) is 18.1. The third-order valence-corrected chi connectivity index (χ3v) is 4.38. The van der Waals surface area contributed by atoms with Gasteiger partial charge in [0, 0.05) is 22.4 Å². The van der Waals surface area contributed by atoms with Crippen molar-refractivity contribution in [1.29, 1.82) is 0 Å². The summed E-state index contributed by atoms with van der Waals surface area (Å²) in [6.07, 6.45) is 3.00. The molecular weight excluding hydrogens is 402 g/mol. The second kappa shape index (κ2) is 6.48. The minimum absolute atomic E-state index is 0.0246. The number of fused-ring (bicyclic) bond motifs is 3. The molecule has 4 aromatic rings. The minimum Gasteiger partial charge on any atom is -0.259 e. The van der Waals surface area contributed by atoms with Crippen molar-refractivity contribution in [1.82, 2.24) is 19.8 Å². The van der Waals surface area contributed by atoms with Gasteiger partial charge in [-0.1, -0.05) is 30.3 Å². The van der Waals surface area contributed by atoms with Crippen molar-refractivity contribution in [2.75, 3.05) is 5.43 Å². The van der Waals surface area contributed by atoms with E-state index >= 15 is 0 Å². The van der Waals surface area contributed by atoms with E-state index in [1.165, 1.54) is 18.6 Å². The van der Waals surface area contributed by atoms with Crippen LogP contribution in [0.4, 0.5) is 11.5 Å². The topological polar surface area (TPSA) is 111 Å². The first kappa shape index (κ1) is 16.1. The molecule has 0 saturated heterocycles. The lowest BCUT2D eigenvalue weighted by molar-refractivity contribution is -0.385. The maximum absolute atomic E-state index is 11.0. The normalized spacial score (nSPS) is 11.4. The molecule has 1 N–H and O–H groups in total. The number of nitro groups is 1. The van der Waals surface area contributed by atoms with Crippen molar-refractivity contribution < 1.29 is 4.92 Å². The number of nitro benzene ring substituents is 1. The molecule has 0 aliphatic heterocycles. The molecule has 128 valence electrons. The van der Waals surface area contributed by atoms with E-state index in [1.807, 2.05) is 24.3 Å². The van der Waals surface area contributed by atoms with E-state index in [0.717, 1.165) is 10.8 Å². The van der Waals surface area contributed by atoms with Gasteiger partial charge in [-0.3, -0.25) is 15.5 Å². The van der Waals surface area contributed by atoms with Gasteiger partial charge in [0.05, 0.1) is 15.6 Å². The van der Waals surface area contributed by atoms with Crippen LogP contribution in [-0.4, -0.2) is 30.9 Å². The fraction of sp³-hybridized carbons (Fsp3) is 0. The Morgan fingerprint density at radius 1 is 1.23 bits per heavy atom. The van der Waals surface area contributed by atoms with Crippen LogP contribution in [0.1, 0.15) is 5.56 Å². The highest BCUT2D eigenvalue weighted by Crippen LogP contribution is 2.26. The van der Waals surface area contributed by atoms with Crippen LogP contribution in [0.3, 0.4) is 0 Å². The molecule has 0 saturated carbocycles. The second-order valence-corrected chi connectivity index (χ2v) is 6.19. The maximum atomic E-state index is 11.0. The van der Waals surface area contributed by atoms with Gasteiger partial charge in [0.15, 0.2) is 11.5 Å². The molecule has 0 bridgehead atoms. The summed E-state index contributed by atoms with van der Waals surface area (Å²) < 4.78 is 1.98. The first-order valence-electron chi connectivity index (χ1n) is 7.45. The van der Waals surface area contributed by atoms with Gasteiger partial charge in [-0.15, -0.1) is 15.3 Å². The number of nitrogens with one attached hydrogen (secondary N) is 1. The van der Waals surface area contributed by atoms with E-state index in [4.69, 9.17) is 0 Å². The molecule has 2 aromatic heterocycles. The average Bonchev–Trinajstić information content (AvgIpc) is 3.11. The Labute approximate surface area is 154 Å². The lowest BCUT2D eigenvalue weighted by Crippen LogP contribution is -2.00. The number of nitrogens with zero attached hydrogens (tertiary/aromatic N) is 6. The van der Waals surface area contributed by atoms with Gasteiger partial charge in [0.2, 0.25) is 0 Å². The van der Waals surface area contributed by atoms with Crippen molar-refractivity contribution in [2.45, 2.75) is 0 Å². The molecule has 2 aromatic carbocycles. The van der Waals surface area contributed by atoms with Gasteiger partial charge < -0.3 is 0 Å². The summed E-state index contributed by atoms with van der Waals surface area (Å²) in [7, 11) is 0. The summed E-state index contributed by atoms with van der Waals surface area (Å²) in [5, 5.41) is 29.2. The Morgan fingerprint density at radius 3 is 2.85 bits per heavy atom. The number of hydrazone groups is 1. The number of hydrogen-bond donors (Lipinski definition) is 1. The molecule has 0 aliphatic carbocycles. The Kier molecular flexibility index (Phi) is 4.01. The summed E-state index contributed by atoms with van der Waals surface area (Å²) in [4.78, 5) is 10.6. The molecule has 0 amide bonds. The van der Waals surface area contributed by atoms with Crippen LogP contribution in [-0.2, 0) is 0 Å². The molecule has 0 radical (unpaired) electrons. The van der Waals surface area contributed by atoms with Crippen molar-refractivity contribution in [3.63, 3.8) is 0 Å². The number of benzene rings is 2. The van der Waals surface area contributed by atoms with Crippen LogP contribution in [0.15, 0.2) is 58.4 Å². The molecule has 0 aliphatic rings. The maximum Gasteiger partial charge on any atom is 0.284 e. The quantitative estimate of drug-likeness (QED) is 0.313. The summed E-state index contributed by atoms with van der Waals surface area (Å²) >= 11 is 3.16. The molecule has 0 unspecified atom stereocenters. The van der Waals surface area contributed by atoms with Crippen molar-refractivity contribution in [2.24, 2.45) is 5.10 Å². The molecule has 26 heavy (non-hydrogen) atoms.